The Hall–Kier alpha value is -1.55. The van der Waals surface area contributed by atoms with E-state index in [0.717, 1.165) is 49.9 Å². The first-order chi connectivity index (χ1) is 10.3. The molecule has 114 valence electrons. The molecule has 1 saturated carbocycles. The first-order valence-electron chi connectivity index (χ1n) is 8.04. The number of amides is 1. The molecule has 0 radical (unpaired) electrons. The SMILES string of the molecule is O=C(NCC1CCCC1CO)c1ccc2c(c1)CCCN2. The fourth-order valence-electron chi connectivity index (χ4n) is 3.56. The molecular formula is C17H24N2O2. The van der Waals surface area contributed by atoms with Crippen LogP contribution in [0.4, 0.5) is 5.69 Å². The number of rotatable bonds is 4. The van der Waals surface area contributed by atoms with Crippen LogP contribution in [0.2, 0.25) is 0 Å². The number of hydrogen-bond acceptors (Lipinski definition) is 3. The van der Waals surface area contributed by atoms with E-state index in [1.54, 1.807) is 0 Å². The van der Waals surface area contributed by atoms with Crippen molar-refractivity contribution in [3.8, 4) is 0 Å². The fourth-order valence-corrected chi connectivity index (χ4v) is 3.56. The van der Waals surface area contributed by atoms with Gasteiger partial charge >= 0.3 is 0 Å². The summed E-state index contributed by atoms with van der Waals surface area (Å²) in [5.41, 5.74) is 3.15. The minimum Gasteiger partial charge on any atom is -0.396 e. The third-order valence-electron chi connectivity index (χ3n) is 4.88. The van der Waals surface area contributed by atoms with Crippen LogP contribution >= 0.6 is 0 Å². The highest BCUT2D eigenvalue weighted by Crippen LogP contribution is 2.30. The van der Waals surface area contributed by atoms with Crippen LogP contribution in [0.5, 0.6) is 0 Å². The third kappa shape index (κ3) is 3.21. The molecule has 2 unspecified atom stereocenters. The number of anilines is 1. The van der Waals surface area contributed by atoms with E-state index in [1.165, 1.54) is 5.56 Å². The average Bonchev–Trinajstić information content (AvgIpc) is 2.99. The number of nitrogens with one attached hydrogen (secondary N) is 2. The van der Waals surface area contributed by atoms with Gasteiger partial charge in [-0.1, -0.05) is 6.42 Å². The van der Waals surface area contributed by atoms with Crippen LogP contribution in [0.3, 0.4) is 0 Å². The van der Waals surface area contributed by atoms with Crippen LogP contribution in [0.15, 0.2) is 18.2 Å². The second-order valence-corrected chi connectivity index (χ2v) is 6.25. The van der Waals surface area contributed by atoms with Gasteiger partial charge in [-0.15, -0.1) is 0 Å². The lowest BCUT2D eigenvalue weighted by atomic mass is 9.96. The molecule has 4 nitrogen and oxygen atoms in total. The molecule has 0 saturated heterocycles. The zero-order valence-corrected chi connectivity index (χ0v) is 12.4. The van der Waals surface area contributed by atoms with Crippen molar-refractivity contribution in [3.63, 3.8) is 0 Å². The van der Waals surface area contributed by atoms with E-state index in [-0.39, 0.29) is 12.5 Å². The molecule has 1 amide bonds. The minimum absolute atomic E-state index is 0.00645. The number of aliphatic hydroxyl groups excluding tert-OH is 1. The largest absolute Gasteiger partial charge is 0.396 e. The first-order valence-corrected chi connectivity index (χ1v) is 8.04. The van der Waals surface area contributed by atoms with Gasteiger partial charge in [0.15, 0.2) is 0 Å². The van der Waals surface area contributed by atoms with Gasteiger partial charge in [0, 0.05) is 30.9 Å². The smallest absolute Gasteiger partial charge is 0.251 e. The molecule has 0 aromatic heterocycles. The van der Waals surface area contributed by atoms with E-state index in [9.17, 15) is 9.90 Å². The molecule has 21 heavy (non-hydrogen) atoms. The molecule has 4 heteroatoms. The Balaban J connectivity index is 1.60. The van der Waals surface area contributed by atoms with Crippen molar-refractivity contribution in [2.75, 3.05) is 25.0 Å². The Morgan fingerprint density at radius 2 is 2.14 bits per heavy atom. The summed E-state index contributed by atoms with van der Waals surface area (Å²) in [5, 5.41) is 15.7. The van der Waals surface area contributed by atoms with Crippen molar-refractivity contribution in [1.29, 1.82) is 0 Å². The predicted octanol–water partition coefficient (Wildman–Crippen LogP) is 2.18. The summed E-state index contributed by atoms with van der Waals surface area (Å²) in [6, 6.07) is 5.91. The van der Waals surface area contributed by atoms with Gasteiger partial charge in [0.05, 0.1) is 0 Å². The summed E-state index contributed by atoms with van der Waals surface area (Å²) >= 11 is 0. The van der Waals surface area contributed by atoms with E-state index in [4.69, 9.17) is 0 Å². The van der Waals surface area contributed by atoms with Gasteiger partial charge < -0.3 is 15.7 Å². The molecule has 1 fully saturated rings. The van der Waals surface area contributed by atoms with E-state index in [0.29, 0.717) is 18.4 Å². The van der Waals surface area contributed by atoms with Crippen molar-refractivity contribution >= 4 is 11.6 Å². The molecule has 2 aliphatic rings. The molecule has 2 atom stereocenters. The van der Waals surface area contributed by atoms with Crippen molar-refractivity contribution < 1.29 is 9.90 Å². The second kappa shape index (κ2) is 6.48. The van der Waals surface area contributed by atoms with E-state index in [1.807, 2.05) is 18.2 Å². The number of fused-ring (bicyclic) bond motifs is 1. The number of carbonyl (C=O) groups excluding carboxylic acids is 1. The maximum Gasteiger partial charge on any atom is 0.251 e. The van der Waals surface area contributed by atoms with Crippen molar-refractivity contribution in [2.45, 2.75) is 32.1 Å². The van der Waals surface area contributed by atoms with Gasteiger partial charge in [0.1, 0.15) is 0 Å². The first kappa shape index (κ1) is 14.4. The lowest BCUT2D eigenvalue weighted by Gasteiger charge is -2.20. The molecule has 1 aliphatic heterocycles. The Morgan fingerprint density at radius 3 is 3.00 bits per heavy atom. The van der Waals surface area contributed by atoms with Gasteiger partial charge in [-0.25, -0.2) is 0 Å². The summed E-state index contributed by atoms with van der Waals surface area (Å²) in [6.45, 7) is 1.94. The molecule has 1 aromatic rings. The molecule has 0 spiro atoms. The highest BCUT2D eigenvalue weighted by atomic mass is 16.3. The summed E-state index contributed by atoms with van der Waals surface area (Å²) in [4.78, 5) is 12.3. The lowest BCUT2D eigenvalue weighted by molar-refractivity contribution is 0.0937. The fraction of sp³-hybridized carbons (Fsp3) is 0.588. The monoisotopic (exact) mass is 288 g/mol. The Bertz CT molecular complexity index is 516. The average molecular weight is 288 g/mol. The van der Waals surface area contributed by atoms with Crippen LogP contribution in [0, 0.1) is 11.8 Å². The van der Waals surface area contributed by atoms with Crippen LogP contribution in [-0.4, -0.2) is 30.7 Å². The van der Waals surface area contributed by atoms with E-state index in [2.05, 4.69) is 10.6 Å². The highest BCUT2D eigenvalue weighted by molar-refractivity contribution is 5.95. The molecule has 0 bridgehead atoms. The van der Waals surface area contributed by atoms with Gasteiger partial charge in [-0.05, 0) is 61.3 Å². The number of aryl methyl sites for hydroxylation is 1. The zero-order valence-electron chi connectivity index (χ0n) is 12.4. The molecule has 1 aromatic carbocycles. The topological polar surface area (TPSA) is 61.4 Å². The molecule has 3 rings (SSSR count). The predicted molar refractivity (Wildman–Crippen MR) is 83.5 cm³/mol. The standard InChI is InChI=1S/C17H24N2O2/c20-11-15-4-1-3-14(15)10-19-17(21)13-6-7-16-12(9-13)5-2-8-18-16/h6-7,9,14-15,18,20H,1-5,8,10-11H2,(H,19,21). The van der Waals surface area contributed by atoms with Crippen molar-refractivity contribution in [1.82, 2.24) is 5.32 Å². The molecule has 1 aliphatic carbocycles. The normalized spacial score (nSPS) is 24.2. The Kier molecular flexibility index (Phi) is 4.44. The zero-order chi connectivity index (χ0) is 14.7. The van der Waals surface area contributed by atoms with Crippen molar-refractivity contribution in [2.24, 2.45) is 11.8 Å². The number of hydrogen-bond donors (Lipinski definition) is 3. The Morgan fingerprint density at radius 1 is 1.29 bits per heavy atom. The van der Waals surface area contributed by atoms with Crippen LogP contribution in [0.25, 0.3) is 0 Å². The van der Waals surface area contributed by atoms with Gasteiger partial charge in [0.2, 0.25) is 0 Å². The number of carbonyl (C=O) groups is 1. The molecule has 1 heterocycles. The van der Waals surface area contributed by atoms with Crippen LogP contribution in [0.1, 0.15) is 41.6 Å². The quantitative estimate of drug-likeness (QED) is 0.796. The Labute approximate surface area is 125 Å². The van der Waals surface area contributed by atoms with Crippen molar-refractivity contribution in [3.05, 3.63) is 29.3 Å². The van der Waals surface area contributed by atoms with Gasteiger partial charge in [0.25, 0.3) is 5.91 Å². The van der Waals surface area contributed by atoms with Crippen LogP contribution < -0.4 is 10.6 Å². The second-order valence-electron chi connectivity index (χ2n) is 6.25. The maximum absolute atomic E-state index is 12.3. The summed E-state index contributed by atoms with van der Waals surface area (Å²) in [7, 11) is 0. The van der Waals surface area contributed by atoms with Gasteiger partial charge in [-0.3, -0.25) is 4.79 Å². The number of benzene rings is 1. The maximum atomic E-state index is 12.3. The minimum atomic E-state index is 0.00645. The highest BCUT2D eigenvalue weighted by Gasteiger charge is 2.26. The summed E-state index contributed by atoms with van der Waals surface area (Å²) < 4.78 is 0. The molecular weight excluding hydrogens is 264 g/mol. The lowest BCUT2D eigenvalue weighted by Crippen LogP contribution is -2.31. The van der Waals surface area contributed by atoms with E-state index >= 15 is 0 Å². The van der Waals surface area contributed by atoms with Crippen LogP contribution in [-0.2, 0) is 6.42 Å². The number of aliphatic hydroxyl groups is 1. The summed E-state index contributed by atoms with van der Waals surface area (Å²) in [5.74, 6) is 0.795. The third-order valence-corrected chi connectivity index (χ3v) is 4.88. The van der Waals surface area contributed by atoms with E-state index < -0.39 is 0 Å². The van der Waals surface area contributed by atoms with Gasteiger partial charge in [-0.2, -0.15) is 0 Å². The molecule has 3 N–H and O–H groups in total. The summed E-state index contributed by atoms with van der Waals surface area (Å²) in [6.07, 6.45) is 5.52.